The maximum absolute atomic E-state index is 12.0. The van der Waals surface area contributed by atoms with Crippen molar-refractivity contribution in [2.45, 2.75) is 27.7 Å². The monoisotopic (exact) mass is 234 g/mol. The molecule has 1 amide bonds. The number of nitrogens with one attached hydrogen (secondary N) is 1. The fourth-order valence-corrected chi connectivity index (χ4v) is 1.84. The second-order valence-corrected chi connectivity index (χ2v) is 5.23. The van der Waals surface area contributed by atoms with Crippen LogP contribution in [0.2, 0.25) is 0 Å². The van der Waals surface area contributed by atoms with Gasteiger partial charge in [0.05, 0.1) is 11.1 Å². The van der Waals surface area contributed by atoms with E-state index in [0.717, 1.165) is 11.1 Å². The molecule has 0 aliphatic carbocycles. The minimum atomic E-state index is -0.534. The number of hydrogen-bond acceptors (Lipinski definition) is 3. The Bertz CT molecular complexity index is 493. The van der Waals surface area contributed by atoms with E-state index >= 15 is 0 Å². The average molecular weight is 234 g/mol. The molecular formula is C13H18N2O2. The number of aryl methyl sites for hydroxylation is 1. The highest BCUT2D eigenvalue weighted by Gasteiger charge is 2.33. The van der Waals surface area contributed by atoms with Crippen LogP contribution in [0, 0.1) is 19.3 Å². The molecule has 0 aromatic heterocycles. The fraction of sp³-hybridized carbons (Fsp3) is 0.462. The van der Waals surface area contributed by atoms with Crippen LogP contribution < -0.4 is 15.8 Å². The van der Waals surface area contributed by atoms with Gasteiger partial charge in [-0.05, 0) is 44.9 Å². The lowest BCUT2D eigenvalue weighted by Gasteiger charge is -2.18. The van der Waals surface area contributed by atoms with Crippen molar-refractivity contribution in [3.05, 3.63) is 17.2 Å². The SMILES string of the molecule is Cc1cc2c(c(C)c1N)NC(=O)C(C)(C)CO2. The molecule has 2 rings (SSSR count). The third kappa shape index (κ3) is 1.84. The zero-order valence-corrected chi connectivity index (χ0v) is 10.7. The molecule has 1 aliphatic heterocycles. The van der Waals surface area contributed by atoms with Gasteiger partial charge >= 0.3 is 0 Å². The first-order valence-electron chi connectivity index (χ1n) is 5.67. The Kier molecular flexibility index (Phi) is 2.53. The molecule has 4 nitrogen and oxygen atoms in total. The molecule has 0 radical (unpaired) electrons. The van der Waals surface area contributed by atoms with E-state index in [1.54, 1.807) is 0 Å². The van der Waals surface area contributed by atoms with E-state index in [-0.39, 0.29) is 5.91 Å². The maximum atomic E-state index is 12.0. The van der Waals surface area contributed by atoms with Crippen LogP contribution in [0.1, 0.15) is 25.0 Å². The Morgan fingerprint density at radius 2 is 2.06 bits per heavy atom. The summed E-state index contributed by atoms with van der Waals surface area (Å²) < 4.78 is 5.71. The molecule has 0 unspecified atom stereocenters. The maximum Gasteiger partial charge on any atom is 0.233 e. The lowest BCUT2D eigenvalue weighted by Crippen LogP contribution is -2.33. The van der Waals surface area contributed by atoms with E-state index < -0.39 is 5.41 Å². The van der Waals surface area contributed by atoms with Crippen LogP contribution in [-0.2, 0) is 4.79 Å². The molecular weight excluding hydrogens is 216 g/mol. The number of nitrogen functional groups attached to an aromatic ring is 1. The van der Waals surface area contributed by atoms with E-state index in [1.807, 2.05) is 33.8 Å². The van der Waals surface area contributed by atoms with Gasteiger partial charge in [-0.15, -0.1) is 0 Å². The summed E-state index contributed by atoms with van der Waals surface area (Å²) in [5, 5.41) is 2.91. The van der Waals surface area contributed by atoms with Gasteiger partial charge in [0.15, 0.2) is 0 Å². The third-order valence-electron chi connectivity index (χ3n) is 3.24. The van der Waals surface area contributed by atoms with Gasteiger partial charge in [0.25, 0.3) is 0 Å². The predicted octanol–water partition coefficient (Wildman–Crippen LogP) is 2.24. The average Bonchev–Trinajstić information content (AvgIpc) is 2.37. The molecule has 17 heavy (non-hydrogen) atoms. The van der Waals surface area contributed by atoms with Crippen LogP contribution in [0.5, 0.6) is 5.75 Å². The summed E-state index contributed by atoms with van der Waals surface area (Å²) >= 11 is 0. The molecule has 3 N–H and O–H groups in total. The van der Waals surface area contributed by atoms with Gasteiger partial charge in [-0.1, -0.05) is 0 Å². The Morgan fingerprint density at radius 3 is 2.71 bits per heavy atom. The summed E-state index contributed by atoms with van der Waals surface area (Å²) in [6, 6.07) is 1.87. The lowest BCUT2D eigenvalue weighted by molar-refractivity contribution is -0.124. The standard InChI is InChI=1S/C13H18N2O2/c1-7-5-9-11(8(2)10(7)14)15-12(16)13(3,4)6-17-9/h5H,6,14H2,1-4H3,(H,15,16). The third-order valence-corrected chi connectivity index (χ3v) is 3.24. The van der Waals surface area contributed by atoms with Crippen molar-refractivity contribution in [2.24, 2.45) is 5.41 Å². The van der Waals surface area contributed by atoms with Crippen molar-refractivity contribution in [2.75, 3.05) is 17.7 Å². The molecule has 4 heteroatoms. The Hall–Kier alpha value is -1.71. The molecule has 0 saturated carbocycles. The fourth-order valence-electron chi connectivity index (χ4n) is 1.84. The van der Waals surface area contributed by atoms with Gasteiger partial charge in [0.1, 0.15) is 12.4 Å². The van der Waals surface area contributed by atoms with Crippen LogP contribution in [0.15, 0.2) is 6.07 Å². The van der Waals surface area contributed by atoms with Crippen molar-refractivity contribution in [3.8, 4) is 5.75 Å². The molecule has 0 atom stereocenters. The number of hydrogen-bond donors (Lipinski definition) is 2. The number of ether oxygens (including phenoxy) is 1. The number of rotatable bonds is 0. The topological polar surface area (TPSA) is 64.3 Å². The van der Waals surface area contributed by atoms with Gasteiger partial charge < -0.3 is 15.8 Å². The number of carbonyl (C=O) groups excluding carboxylic acids is 1. The highest BCUT2D eigenvalue weighted by atomic mass is 16.5. The van der Waals surface area contributed by atoms with Crippen LogP contribution in [0.4, 0.5) is 11.4 Å². The summed E-state index contributed by atoms with van der Waals surface area (Å²) in [5.74, 6) is 0.663. The molecule has 1 aromatic rings. The number of benzene rings is 1. The highest BCUT2D eigenvalue weighted by molar-refractivity contribution is 5.98. The quantitative estimate of drug-likeness (QED) is 0.677. The Morgan fingerprint density at radius 1 is 1.41 bits per heavy atom. The van der Waals surface area contributed by atoms with Crippen LogP contribution in [0.25, 0.3) is 0 Å². The van der Waals surface area contributed by atoms with Gasteiger partial charge in [0, 0.05) is 5.69 Å². The molecule has 1 heterocycles. The summed E-state index contributed by atoms with van der Waals surface area (Å²) in [7, 11) is 0. The smallest absolute Gasteiger partial charge is 0.233 e. The van der Waals surface area contributed by atoms with Crippen LogP contribution in [-0.4, -0.2) is 12.5 Å². The van der Waals surface area contributed by atoms with Crippen LogP contribution in [0.3, 0.4) is 0 Å². The van der Waals surface area contributed by atoms with Crippen molar-refractivity contribution in [1.82, 2.24) is 0 Å². The zero-order chi connectivity index (χ0) is 12.8. The van der Waals surface area contributed by atoms with E-state index in [2.05, 4.69) is 5.32 Å². The number of carbonyl (C=O) groups is 1. The first-order chi connectivity index (χ1) is 7.83. The summed E-state index contributed by atoms with van der Waals surface area (Å²) in [5.41, 5.74) is 8.66. The van der Waals surface area contributed by atoms with E-state index in [9.17, 15) is 4.79 Å². The molecule has 0 bridgehead atoms. The molecule has 0 spiro atoms. The molecule has 92 valence electrons. The van der Waals surface area contributed by atoms with E-state index in [0.29, 0.717) is 23.7 Å². The number of anilines is 2. The van der Waals surface area contributed by atoms with E-state index in [4.69, 9.17) is 10.5 Å². The number of fused-ring (bicyclic) bond motifs is 1. The summed E-state index contributed by atoms with van der Waals surface area (Å²) in [4.78, 5) is 12.0. The van der Waals surface area contributed by atoms with Gasteiger partial charge in [0.2, 0.25) is 5.91 Å². The second kappa shape index (κ2) is 3.65. The first-order valence-corrected chi connectivity index (χ1v) is 5.67. The Labute approximate surface area is 101 Å². The van der Waals surface area contributed by atoms with Crippen molar-refractivity contribution >= 4 is 17.3 Å². The molecule has 1 aliphatic rings. The molecule has 0 fully saturated rings. The van der Waals surface area contributed by atoms with Crippen molar-refractivity contribution < 1.29 is 9.53 Å². The van der Waals surface area contributed by atoms with Crippen molar-refractivity contribution in [3.63, 3.8) is 0 Å². The predicted molar refractivity (Wildman–Crippen MR) is 68.2 cm³/mol. The zero-order valence-electron chi connectivity index (χ0n) is 10.7. The van der Waals surface area contributed by atoms with Gasteiger partial charge in [-0.3, -0.25) is 4.79 Å². The van der Waals surface area contributed by atoms with Crippen molar-refractivity contribution in [1.29, 1.82) is 0 Å². The molecule has 0 saturated heterocycles. The van der Waals surface area contributed by atoms with Gasteiger partial charge in [-0.2, -0.15) is 0 Å². The normalized spacial score (nSPS) is 17.8. The lowest BCUT2D eigenvalue weighted by atomic mass is 9.94. The highest BCUT2D eigenvalue weighted by Crippen LogP contribution is 2.38. The van der Waals surface area contributed by atoms with E-state index in [1.165, 1.54) is 0 Å². The number of nitrogens with two attached hydrogens (primary N) is 1. The minimum absolute atomic E-state index is 0.0393. The number of amides is 1. The minimum Gasteiger partial charge on any atom is -0.490 e. The summed E-state index contributed by atoms with van der Waals surface area (Å²) in [6.45, 7) is 7.92. The first kappa shape index (κ1) is 11.8. The second-order valence-electron chi connectivity index (χ2n) is 5.23. The molecule has 1 aromatic carbocycles. The largest absolute Gasteiger partial charge is 0.490 e. The van der Waals surface area contributed by atoms with Gasteiger partial charge in [-0.25, -0.2) is 0 Å². The summed E-state index contributed by atoms with van der Waals surface area (Å²) in [6.07, 6.45) is 0. The van der Waals surface area contributed by atoms with Crippen LogP contribution >= 0.6 is 0 Å². The Balaban J connectivity index is 2.55.